The van der Waals surface area contributed by atoms with Crippen molar-refractivity contribution in [2.24, 2.45) is 5.92 Å². The number of rotatable bonds is 3. The van der Waals surface area contributed by atoms with E-state index in [2.05, 4.69) is 4.74 Å². The van der Waals surface area contributed by atoms with Crippen molar-refractivity contribution < 1.29 is 17.9 Å². The SMILES string of the molecule is COC(=O)C1CCN(S(=O)(=O)c2ccccc2C)C1. The number of nitrogens with zero attached hydrogens (tertiary/aromatic N) is 1. The molecule has 0 amide bonds. The zero-order valence-corrected chi connectivity index (χ0v) is 11.8. The van der Waals surface area contributed by atoms with Crippen LogP contribution >= 0.6 is 0 Å². The van der Waals surface area contributed by atoms with E-state index in [0.29, 0.717) is 23.4 Å². The molecule has 2 rings (SSSR count). The molecule has 0 bridgehead atoms. The van der Waals surface area contributed by atoms with E-state index in [9.17, 15) is 13.2 Å². The van der Waals surface area contributed by atoms with Gasteiger partial charge in [0.1, 0.15) is 0 Å². The van der Waals surface area contributed by atoms with Crippen molar-refractivity contribution in [3.63, 3.8) is 0 Å². The van der Waals surface area contributed by atoms with Gasteiger partial charge in [-0.1, -0.05) is 18.2 Å². The average molecular weight is 283 g/mol. The minimum absolute atomic E-state index is 0.198. The quantitative estimate of drug-likeness (QED) is 0.781. The van der Waals surface area contributed by atoms with Gasteiger partial charge >= 0.3 is 5.97 Å². The third kappa shape index (κ3) is 2.64. The van der Waals surface area contributed by atoms with Gasteiger partial charge in [-0.25, -0.2) is 8.42 Å². The molecule has 5 nitrogen and oxygen atoms in total. The van der Waals surface area contributed by atoms with E-state index in [1.807, 2.05) is 0 Å². The summed E-state index contributed by atoms with van der Waals surface area (Å²) in [6.07, 6.45) is 0.512. The largest absolute Gasteiger partial charge is 0.469 e. The third-order valence-electron chi connectivity index (χ3n) is 3.40. The lowest BCUT2D eigenvalue weighted by atomic mass is 10.1. The summed E-state index contributed by atoms with van der Waals surface area (Å²) >= 11 is 0. The van der Waals surface area contributed by atoms with Gasteiger partial charge in [-0.3, -0.25) is 4.79 Å². The lowest BCUT2D eigenvalue weighted by molar-refractivity contribution is -0.144. The molecule has 0 saturated carbocycles. The molecule has 0 aromatic heterocycles. The predicted octanol–water partition coefficient (Wildman–Crippen LogP) is 1.18. The Bertz CT molecular complexity index is 582. The van der Waals surface area contributed by atoms with Crippen LogP contribution in [0, 0.1) is 12.8 Å². The molecule has 0 N–H and O–H groups in total. The lowest BCUT2D eigenvalue weighted by Crippen LogP contribution is -2.30. The number of esters is 1. The molecule has 0 aliphatic carbocycles. The molecule has 1 aliphatic heterocycles. The Morgan fingerprint density at radius 3 is 2.68 bits per heavy atom. The molecule has 1 aromatic rings. The minimum atomic E-state index is -3.52. The third-order valence-corrected chi connectivity index (χ3v) is 5.42. The molecular formula is C13H17NO4S. The fraction of sp³-hybridized carbons (Fsp3) is 0.462. The molecule has 1 aromatic carbocycles. The first-order valence-corrected chi connectivity index (χ1v) is 7.54. The van der Waals surface area contributed by atoms with Crippen molar-refractivity contribution >= 4 is 16.0 Å². The van der Waals surface area contributed by atoms with Gasteiger partial charge < -0.3 is 4.74 Å². The molecule has 0 spiro atoms. The van der Waals surface area contributed by atoms with Gasteiger partial charge in [0.25, 0.3) is 0 Å². The number of benzene rings is 1. The van der Waals surface area contributed by atoms with Gasteiger partial charge in [0.05, 0.1) is 17.9 Å². The molecule has 1 aliphatic rings. The summed E-state index contributed by atoms with van der Waals surface area (Å²) in [7, 11) is -2.20. The topological polar surface area (TPSA) is 63.7 Å². The maximum atomic E-state index is 12.5. The fourth-order valence-corrected chi connectivity index (χ4v) is 4.02. The highest BCUT2D eigenvalue weighted by Gasteiger charge is 2.36. The van der Waals surface area contributed by atoms with E-state index in [4.69, 9.17) is 0 Å². The first kappa shape index (κ1) is 14.0. The van der Waals surface area contributed by atoms with Crippen molar-refractivity contribution in [2.75, 3.05) is 20.2 Å². The Balaban J connectivity index is 2.24. The van der Waals surface area contributed by atoms with Crippen LogP contribution in [0.1, 0.15) is 12.0 Å². The van der Waals surface area contributed by atoms with Crippen LogP contribution in [0.15, 0.2) is 29.2 Å². The number of aryl methyl sites for hydroxylation is 1. The summed E-state index contributed by atoms with van der Waals surface area (Å²) < 4.78 is 31.0. The van der Waals surface area contributed by atoms with E-state index in [1.165, 1.54) is 11.4 Å². The Hall–Kier alpha value is -1.40. The second-order valence-electron chi connectivity index (χ2n) is 4.64. The van der Waals surface area contributed by atoms with Crippen LogP contribution in [-0.2, 0) is 19.6 Å². The molecule has 0 radical (unpaired) electrons. The number of hydrogen-bond acceptors (Lipinski definition) is 4. The van der Waals surface area contributed by atoms with Crippen LogP contribution in [0.2, 0.25) is 0 Å². The Morgan fingerprint density at radius 1 is 1.37 bits per heavy atom. The lowest BCUT2D eigenvalue weighted by Gasteiger charge is -2.17. The van der Waals surface area contributed by atoms with Crippen molar-refractivity contribution in [1.29, 1.82) is 0 Å². The monoisotopic (exact) mass is 283 g/mol. The van der Waals surface area contributed by atoms with Crippen LogP contribution < -0.4 is 0 Å². The summed E-state index contributed by atoms with van der Waals surface area (Å²) in [5.41, 5.74) is 0.712. The number of carbonyl (C=O) groups is 1. The van der Waals surface area contributed by atoms with E-state index in [1.54, 1.807) is 31.2 Å². The van der Waals surface area contributed by atoms with Crippen LogP contribution in [-0.4, -0.2) is 38.9 Å². The normalized spacial score (nSPS) is 20.4. The highest BCUT2D eigenvalue weighted by molar-refractivity contribution is 7.89. The predicted molar refractivity (Wildman–Crippen MR) is 70.1 cm³/mol. The summed E-state index contributed by atoms with van der Waals surface area (Å²) in [5.74, 6) is -0.703. The molecular weight excluding hydrogens is 266 g/mol. The molecule has 1 heterocycles. The van der Waals surface area contributed by atoms with E-state index < -0.39 is 10.0 Å². The highest BCUT2D eigenvalue weighted by atomic mass is 32.2. The summed E-state index contributed by atoms with van der Waals surface area (Å²) in [6, 6.07) is 6.86. The fourth-order valence-electron chi connectivity index (χ4n) is 2.29. The maximum Gasteiger partial charge on any atom is 0.310 e. The first-order chi connectivity index (χ1) is 8.96. The number of hydrogen-bond donors (Lipinski definition) is 0. The number of sulfonamides is 1. The summed E-state index contributed by atoms with van der Waals surface area (Å²) in [5, 5.41) is 0. The molecule has 19 heavy (non-hydrogen) atoms. The van der Waals surface area contributed by atoms with Crippen molar-refractivity contribution in [2.45, 2.75) is 18.2 Å². The van der Waals surface area contributed by atoms with E-state index in [0.717, 1.165) is 0 Å². The van der Waals surface area contributed by atoms with Gasteiger partial charge in [-0.15, -0.1) is 0 Å². The van der Waals surface area contributed by atoms with E-state index >= 15 is 0 Å². The number of ether oxygens (including phenoxy) is 1. The van der Waals surface area contributed by atoms with Gasteiger partial charge in [0.2, 0.25) is 10.0 Å². The van der Waals surface area contributed by atoms with Gasteiger partial charge in [-0.05, 0) is 25.0 Å². The number of methoxy groups -OCH3 is 1. The standard InChI is InChI=1S/C13H17NO4S/c1-10-5-3-4-6-12(10)19(16,17)14-8-7-11(9-14)13(15)18-2/h3-6,11H,7-9H2,1-2H3. The Morgan fingerprint density at radius 2 is 2.05 bits per heavy atom. The Labute approximate surface area is 113 Å². The second kappa shape index (κ2) is 5.30. The van der Waals surface area contributed by atoms with Crippen LogP contribution in [0.4, 0.5) is 0 Å². The molecule has 1 fully saturated rings. The van der Waals surface area contributed by atoms with Crippen molar-refractivity contribution in [3.05, 3.63) is 29.8 Å². The van der Waals surface area contributed by atoms with Crippen molar-refractivity contribution in [1.82, 2.24) is 4.31 Å². The van der Waals surface area contributed by atoms with Gasteiger partial charge in [0.15, 0.2) is 0 Å². The van der Waals surface area contributed by atoms with Crippen LogP contribution in [0.25, 0.3) is 0 Å². The van der Waals surface area contributed by atoms with Crippen molar-refractivity contribution in [3.8, 4) is 0 Å². The molecule has 104 valence electrons. The first-order valence-electron chi connectivity index (χ1n) is 6.10. The average Bonchev–Trinajstić information content (AvgIpc) is 2.88. The number of carbonyl (C=O) groups excluding carboxylic acids is 1. The zero-order chi connectivity index (χ0) is 14.0. The van der Waals surface area contributed by atoms with Crippen LogP contribution in [0.5, 0.6) is 0 Å². The summed E-state index contributed by atoms with van der Waals surface area (Å²) in [4.78, 5) is 11.8. The molecule has 1 atom stereocenters. The smallest absolute Gasteiger partial charge is 0.310 e. The zero-order valence-electron chi connectivity index (χ0n) is 11.0. The maximum absolute atomic E-state index is 12.5. The van der Waals surface area contributed by atoms with Crippen LogP contribution in [0.3, 0.4) is 0 Å². The van der Waals surface area contributed by atoms with Gasteiger partial charge in [-0.2, -0.15) is 4.31 Å². The van der Waals surface area contributed by atoms with E-state index in [-0.39, 0.29) is 18.4 Å². The molecule has 1 unspecified atom stereocenters. The highest BCUT2D eigenvalue weighted by Crippen LogP contribution is 2.26. The minimum Gasteiger partial charge on any atom is -0.469 e. The second-order valence-corrected chi connectivity index (χ2v) is 6.54. The Kier molecular flexibility index (Phi) is 3.91. The molecule has 1 saturated heterocycles. The summed E-state index contributed by atoms with van der Waals surface area (Å²) in [6.45, 7) is 2.32. The molecule has 6 heteroatoms. The van der Waals surface area contributed by atoms with Gasteiger partial charge in [0, 0.05) is 13.1 Å².